The molecule has 50 heavy (non-hydrogen) atoms. The zero-order valence-corrected chi connectivity index (χ0v) is 27.6. The number of nitrogens with zero attached hydrogens (tertiary/aromatic N) is 4. The zero-order chi connectivity index (χ0) is 32.7. The van der Waals surface area contributed by atoms with Crippen LogP contribution in [0.15, 0.2) is 140 Å². The van der Waals surface area contributed by atoms with Crippen LogP contribution in [0, 0.1) is 0 Å². The first-order chi connectivity index (χ1) is 24.2. The normalized spacial score (nSPS) is 11.8. The minimum atomic E-state index is 0. The first kappa shape index (κ1) is 31.1. The summed E-state index contributed by atoms with van der Waals surface area (Å²) in [6.07, 6.45) is 8.17. The summed E-state index contributed by atoms with van der Waals surface area (Å²) >= 11 is 0. The average Bonchev–Trinajstić information content (AvgIpc) is 3.98. The number of phenols is 1. The smallest absolute Gasteiger partial charge is 0.657 e. The van der Waals surface area contributed by atoms with Crippen molar-refractivity contribution in [3.63, 3.8) is 0 Å². The van der Waals surface area contributed by atoms with Crippen LogP contribution in [-0.2, 0) is 17.1 Å². The molecule has 1 N–H and O–H groups in total. The molecule has 0 fully saturated rings. The second-order valence-corrected chi connectivity index (χ2v) is 12.0. The maximum atomic E-state index is 11.1. The Bertz CT molecular complexity index is 2570. The Morgan fingerprint density at radius 2 is 0.680 bits per heavy atom. The second-order valence-electron chi connectivity index (χ2n) is 12.0. The molecule has 0 atom stereocenters. The number of hydrogen-bond donors (Lipinski definition) is 1. The Hall–Kier alpha value is -6.20. The fourth-order valence-corrected chi connectivity index (χ4v) is 6.75. The summed E-state index contributed by atoms with van der Waals surface area (Å²) in [5.41, 5.74) is 13.5. The molecule has 5 heterocycles. The molecule has 0 saturated heterocycles. The van der Waals surface area contributed by atoms with Crippen LogP contribution in [0.2, 0.25) is 0 Å². The molecule has 5 nitrogen and oxygen atoms in total. The van der Waals surface area contributed by atoms with Gasteiger partial charge in [0.1, 0.15) is 5.75 Å². The van der Waals surface area contributed by atoms with Gasteiger partial charge in [0.25, 0.3) is 0 Å². The van der Waals surface area contributed by atoms with Gasteiger partial charge in [0.2, 0.25) is 0 Å². The van der Waals surface area contributed by atoms with Crippen molar-refractivity contribution in [2.45, 2.75) is 0 Å². The van der Waals surface area contributed by atoms with E-state index in [1.807, 2.05) is 97.1 Å². The fourth-order valence-electron chi connectivity index (χ4n) is 6.75. The van der Waals surface area contributed by atoms with Crippen molar-refractivity contribution in [2.24, 2.45) is 0 Å². The molecule has 241 valence electrons. The van der Waals surface area contributed by atoms with Crippen LogP contribution in [0.3, 0.4) is 0 Å². The standard InChI is InChI=1S/C44H28N4O.Cu/c49-40-19-11-10-18-31(40)44-38-26-24-36(47-38)42(29-14-6-2-7-15-29)34-22-20-32(45-34)41(28-12-4-1-5-13-28)33-21-23-35(46-33)43(30-16-8-3-9-17-30)37-25-27-39(44)48-37;/h1-27H,(H-2,45,46,47,48,49);/q-2;+2. The van der Waals surface area contributed by atoms with Gasteiger partial charge in [-0.3, -0.25) is 0 Å². The summed E-state index contributed by atoms with van der Waals surface area (Å²) in [6.45, 7) is 0. The minimum Gasteiger partial charge on any atom is -0.657 e. The summed E-state index contributed by atoms with van der Waals surface area (Å²) in [4.78, 5) is 21.0. The van der Waals surface area contributed by atoms with E-state index < -0.39 is 0 Å². The molecule has 8 bridgehead atoms. The van der Waals surface area contributed by atoms with Gasteiger partial charge < -0.3 is 15.1 Å². The Kier molecular flexibility index (Phi) is 8.09. The van der Waals surface area contributed by atoms with Gasteiger partial charge in [-0.1, -0.05) is 133 Å². The third kappa shape index (κ3) is 5.47. The number of rotatable bonds is 4. The van der Waals surface area contributed by atoms with Crippen molar-refractivity contribution in [1.82, 2.24) is 19.9 Å². The number of phenolic OH excluding ortho intramolecular Hbond substituents is 1. The molecule has 2 aliphatic rings. The SMILES string of the molecule is Oc1ccccc1-c1c2nc(c(-c3ccccc3)c3ccc([n-]3)c(-c3ccccc3)c3nc(c(-c4ccccc4)c4ccc1[n-]4)C=C3)C=C2.[Cu+2]. The minimum absolute atomic E-state index is 0. The van der Waals surface area contributed by atoms with Crippen molar-refractivity contribution in [3.05, 3.63) is 162 Å². The van der Waals surface area contributed by atoms with Crippen molar-refractivity contribution in [3.8, 4) is 50.3 Å². The van der Waals surface area contributed by atoms with E-state index in [9.17, 15) is 5.11 Å². The molecule has 6 heteroatoms. The van der Waals surface area contributed by atoms with Crippen LogP contribution in [0.25, 0.3) is 90.9 Å². The molecule has 9 rings (SSSR count). The Balaban J connectivity index is 0.00000361. The van der Waals surface area contributed by atoms with Crippen LogP contribution in [0.1, 0.15) is 22.8 Å². The van der Waals surface area contributed by atoms with Crippen LogP contribution in [0.5, 0.6) is 5.75 Å². The third-order valence-corrected chi connectivity index (χ3v) is 8.97. The van der Waals surface area contributed by atoms with Gasteiger partial charge >= 0.3 is 17.1 Å². The van der Waals surface area contributed by atoms with Crippen LogP contribution >= 0.6 is 0 Å². The van der Waals surface area contributed by atoms with Crippen LogP contribution in [0.4, 0.5) is 0 Å². The van der Waals surface area contributed by atoms with Gasteiger partial charge in [0.15, 0.2) is 0 Å². The predicted octanol–water partition coefficient (Wildman–Crippen LogP) is 10.3. The van der Waals surface area contributed by atoms with Crippen molar-refractivity contribution < 1.29 is 22.2 Å². The number of para-hydroxylation sites is 1. The summed E-state index contributed by atoms with van der Waals surface area (Å²) in [5.74, 6) is 0.161. The van der Waals surface area contributed by atoms with Crippen molar-refractivity contribution in [2.75, 3.05) is 0 Å². The maximum absolute atomic E-state index is 11.1. The average molecular weight is 692 g/mol. The number of benzene rings is 4. The molecular weight excluding hydrogens is 664 g/mol. The molecule has 0 spiro atoms. The summed E-state index contributed by atoms with van der Waals surface area (Å²) < 4.78 is 0. The first-order valence-corrected chi connectivity index (χ1v) is 16.2. The summed E-state index contributed by atoms with van der Waals surface area (Å²) in [7, 11) is 0. The molecule has 0 amide bonds. The first-order valence-electron chi connectivity index (χ1n) is 16.2. The van der Waals surface area contributed by atoms with E-state index in [4.69, 9.17) is 19.9 Å². The van der Waals surface area contributed by atoms with Crippen LogP contribution < -0.4 is 9.97 Å². The van der Waals surface area contributed by atoms with Gasteiger partial charge in [-0.2, -0.15) is 0 Å². The Morgan fingerprint density at radius 3 is 1.06 bits per heavy atom. The largest absolute Gasteiger partial charge is 2.00 e. The number of aromatic hydroxyl groups is 1. The molecular formula is C44H28CuN4O. The fraction of sp³-hybridized carbons (Fsp3) is 0. The van der Waals surface area contributed by atoms with E-state index in [0.29, 0.717) is 16.8 Å². The summed E-state index contributed by atoms with van der Waals surface area (Å²) in [5, 5.41) is 11.1. The zero-order valence-electron chi connectivity index (χ0n) is 26.6. The van der Waals surface area contributed by atoms with Gasteiger partial charge in [-0.05, 0) is 69.3 Å². The van der Waals surface area contributed by atoms with Gasteiger partial charge in [0, 0.05) is 5.56 Å². The quantitative estimate of drug-likeness (QED) is 0.186. The van der Waals surface area contributed by atoms with E-state index in [0.717, 1.165) is 72.6 Å². The van der Waals surface area contributed by atoms with E-state index in [-0.39, 0.29) is 22.8 Å². The van der Waals surface area contributed by atoms with Gasteiger partial charge in [0.05, 0.1) is 22.8 Å². The maximum Gasteiger partial charge on any atom is 2.00 e. The van der Waals surface area contributed by atoms with Gasteiger partial charge in [-0.25, -0.2) is 9.97 Å². The number of aromatic nitrogens is 4. The number of fused-ring (bicyclic) bond motifs is 8. The molecule has 0 saturated carbocycles. The summed E-state index contributed by atoms with van der Waals surface area (Å²) in [6, 6.07) is 46.3. The van der Waals surface area contributed by atoms with Crippen molar-refractivity contribution in [1.29, 1.82) is 0 Å². The molecule has 0 aliphatic carbocycles. The third-order valence-electron chi connectivity index (χ3n) is 8.97. The molecule has 2 aliphatic heterocycles. The molecule has 4 aromatic carbocycles. The van der Waals surface area contributed by atoms with E-state index in [1.165, 1.54) is 0 Å². The topological polar surface area (TPSA) is 74.2 Å². The van der Waals surface area contributed by atoms with E-state index in [1.54, 1.807) is 6.07 Å². The Labute approximate surface area is 299 Å². The van der Waals surface area contributed by atoms with Gasteiger partial charge in [-0.15, -0.1) is 22.1 Å². The Morgan fingerprint density at radius 1 is 0.360 bits per heavy atom. The molecule has 1 radical (unpaired) electrons. The molecule has 3 aromatic heterocycles. The molecule has 7 aromatic rings. The number of hydrogen-bond acceptors (Lipinski definition) is 3. The van der Waals surface area contributed by atoms with Crippen molar-refractivity contribution >= 4 is 46.4 Å². The second kappa shape index (κ2) is 13.0. The van der Waals surface area contributed by atoms with E-state index >= 15 is 0 Å². The van der Waals surface area contributed by atoms with Crippen LogP contribution in [-0.4, -0.2) is 15.1 Å². The predicted molar refractivity (Wildman–Crippen MR) is 200 cm³/mol. The van der Waals surface area contributed by atoms with E-state index in [2.05, 4.69) is 60.7 Å². The molecule has 0 unspecified atom stereocenters. The monoisotopic (exact) mass is 691 g/mol.